The third-order valence-electron chi connectivity index (χ3n) is 2.08. The molecule has 1 aromatic carbocycles. The maximum atomic E-state index is 13.4. The molecule has 0 radical (unpaired) electrons. The molecule has 5 heteroatoms. The molecular weight excluding hydrogens is 219 g/mol. The molecule has 3 nitrogen and oxygen atoms in total. The van der Waals surface area contributed by atoms with Crippen LogP contribution in [0.4, 0.5) is 4.39 Å². The maximum Gasteiger partial charge on any atom is 0.131 e. The van der Waals surface area contributed by atoms with Crippen molar-refractivity contribution >= 4 is 12.4 Å². The van der Waals surface area contributed by atoms with Crippen molar-refractivity contribution in [2.45, 2.75) is 12.5 Å². The van der Waals surface area contributed by atoms with Crippen LogP contribution >= 0.6 is 12.4 Å². The van der Waals surface area contributed by atoms with Crippen molar-refractivity contribution in [3.63, 3.8) is 0 Å². The van der Waals surface area contributed by atoms with Crippen LogP contribution in [0.2, 0.25) is 0 Å². The smallest absolute Gasteiger partial charge is 0.131 e. The second-order valence-electron chi connectivity index (χ2n) is 3.04. The van der Waals surface area contributed by atoms with Crippen LogP contribution in [0.3, 0.4) is 0 Å². The van der Waals surface area contributed by atoms with Gasteiger partial charge in [-0.3, -0.25) is 0 Å². The summed E-state index contributed by atoms with van der Waals surface area (Å²) in [4.78, 5) is 0. The minimum Gasteiger partial charge on any atom is -0.496 e. The lowest BCUT2D eigenvalue weighted by molar-refractivity contribution is 0.397. The van der Waals surface area contributed by atoms with Gasteiger partial charge in [-0.1, -0.05) is 6.07 Å². The van der Waals surface area contributed by atoms with E-state index in [1.54, 1.807) is 12.1 Å². The molecule has 1 rings (SSSR count). The number of nitrogens with two attached hydrogens (primary N) is 2. The van der Waals surface area contributed by atoms with Gasteiger partial charge in [0.1, 0.15) is 11.6 Å². The van der Waals surface area contributed by atoms with E-state index in [9.17, 15) is 4.39 Å². The third-order valence-corrected chi connectivity index (χ3v) is 2.08. The van der Waals surface area contributed by atoms with Gasteiger partial charge < -0.3 is 16.2 Å². The fourth-order valence-corrected chi connectivity index (χ4v) is 1.38. The Labute approximate surface area is 95.0 Å². The predicted molar refractivity (Wildman–Crippen MR) is 60.8 cm³/mol. The Morgan fingerprint density at radius 1 is 1.47 bits per heavy atom. The van der Waals surface area contributed by atoms with Gasteiger partial charge in [-0.2, -0.15) is 0 Å². The molecule has 4 N–H and O–H groups in total. The van der Waals surface area contributed by atoms with Crippen molar-refractivity contribution in [2.24, 2.45) is 11.5 Å². The molecule has 0 unspecified atom stereocenters. The van der Waals surface area contributed by atoms with Gasteiger partial charge in [0.25, 0.3) is 0 Å². The highest BCUT2D eigenvalue weighted by Crippen LogP contribution is 2.27. The zero-order chi connectivity index (χ0) is 10.6. The quantitative estimate of drug-likeness (QED) is 0.832. The van der Waals surface area contributed by atoms with Crippen molar-refractivity contribution in [2.75, 3.05) is 13.7 Å². The monoisotopic (exact) mass is 234 g/mol. The summed E-state index contributed by atoms with van der Waals surface area (Å²) in [5.74, 6) is 0.135. The highest BCUT2D eigenvalue weighted by molar-refractivity contribution is 5.85. The molecule has 0 aliphatic rings. The van der Waals surface area contributed by atoms with E-state index in [0.717, 1.165) is 0 Å². The van der Waals surface area contributed by atoms with Crippen molar-refractivity contribution in [1.29, 1.82) is 0 Å². The van der Waals surface area contributed by atoms with Gasteiger partial charge in [-0.25, -0.2) is 4.39 Å². The van der Waals surface area contributed by atoms with Crippen LogP contribution in [0.25, 0.3) is 0 Å². The van der Waals surface area contributed by atoms with Gasteiger partial charge in [-0.15, -0.1) is 12.4 Å². The van der Waals surface area contributed by atoms with Crippen LogP contribution in [0, 0.1) is 5.82 Å². The van der Waals surface area contributed by atoms with E-state index in [0.29, 0.717) is 24.3 Å². The molecule has 0 fully saturated rings. The van der Waals surface area contributed by atoms with E-state index >= 15 is 0 Å². The average molecular weight is 235 g/mol. The van der Waals surface area contributed by atoms with Crippen LogP contribution in [-0.2, 0) is 0 Å². The maximum absolute atomic E-state index is 13.4. The molecule has 0 spiro atoms. The summed E-state index contributed by atoms with van der Waals surface area (Å²) < 4.78 is 18.4. The zero-order valence-electron chi connectivity index (χ0n) is 8.57. The molecular formula is C10H16ClFN2O. The molecule has 0 aromatic heterocycles. The molecule has 1 aromatic rings. The van der Waals surface area contributed by atoms with Gasteiger partial charge in [0.05, 0.1) is 7.11 Å². The summed E-state index contributed by atoms with van der Waals surface area (Å²) in [7, 11) is 1.49. The Kier molecular flexibility index (Phi) is 6.24. The molecule has 0 aliphatic carbocycles. The number of halogens is 2. The summed E-state index contributed by atoms with van der Waals surface area (Å²) in [6.45, 7) is 0.429. The summed E-state index contributed by atoms with van der Waals surface area (Å²) in [5.41, 5.74) is 11.6. The highest BCUT2D eigenvalue weighted by Gasteiger charge is 2.15. The van der Waals surface area contributed by atoms with Crippen molar-refractivity contribution in [1.82, 2.24) is 0 Å². The van der Waals surface area contributed by atoms with E-state index in [-0.39, 0.29) is 18.2 Å². The summed E-state index contributed by atoms with van der Waals surface area (Å²) in [6.07, 6.45) is 0.539. The van der Waals surface area contributed by atoms with Gasteiger partial charge in [0, 0.05) is 11.6 Å². The lowest BCUT2D eigenvalue weighted by atomic mass is 10.0. The second-order valence-corrected chi connectivity index (χ2v) is 3.04. The minimum atomic E-state index is -0.406. The van der Waals surface area contributed by atoms with Gasteiger partial charge in [0.15, 0.2) is 0 Å². The fraction of sp³-hybridized carbons (Fsp3) is 0.400. The first kappa shape index (κ1) is 14.2. The number of benzene rings is 1. The fourth-order valence-electron chi connectivity index (χ4n) is 1.38. The van der Waals surface area contributed by atoms with E-state index in [1.165, 1.54) is 13.2 Å². The Morgan fingerprint density at radius 2 is 2.13 bits per heavy atom. The second kappa shape index (κ2) is 6.61. The molecule has 1 atom stereocenters. The SMILES string of the molecule is COc1cccc(F)c1[C@H](N)CCN.Cl. The van der Waals surface area contributed by atoms with E-state index in [2.05, 4.69) is 0 Å². The Morgan fingerprint density at radius 3 is 2.67 bits per heavy atom. The first-order chi connectivity index (χ1) is 6.70. The van der Waals surface area contributed by atoms with E-state index < -0.39 is 6.04 Å². The van der Waals surface area contributed by atoms with E-state index in [4.69, 9.17) is 16.2 Å². The van der Waals surface area contributed by atoms with Crippen LogP contribution in [-0.4, -0.2) is 13.7 Å². The zero-order valence-corrected chi connectivity index (χ0v) is 9.39. The topological polar surface area (TPSA) is 61.3 Å². The molecule has 86 valence electrons. The number of hydrogen-bond donors (Lipinski definition) is 2. The predicted octanol–water partition coefficient (Wildman–Crippen LogP) is 1.60. The average Bonchev–Trinajstić information content (AvgIpc) is 2.17. The van der Waals surface area contributed by atoms with Gasteiger partial charge in [-0.05, 0) is 25.1 Å². The van der Waals surface area contributed by atoms with Gasteiger partial charge in [0.2, 0.25) is 0 Å². The molecule has 0 amide bonds. The lowest BCUT2D eigenvalue weighted by Gasteiger charge is -2.15. The number of methoxy groups -OCH3 is 1. The van der Waals surface area contributed by atoms with Crippen LogP contribution in [0.15, 0.2) is 18.2 Å². The number of rotatable bonds is 4. The Bertz CT molecular complexity index is 309. The molecule has 0 saturated heterocycles. The Hall–Kier alpha value is -0.840. The van der Waals surface area contributed by atoms with Gasteiger partial charge >= 0.3 is 0 Å². The molecule has 15 heavy (non-hydrogen) atoms. The first-order valence-electron chi connectivity index (χ1n) is 4.48. The molecule has 0 saturated carbocycles. The van der Waals surface area contributed by atoms with Crippen molar-refractivity contribution in [3.05, 3.63) is 29.6 Å². The van der Waals surface area contributed by atoms with Crippen molar-refractivity contribution in [3.8, 4) is 5.75 Å². The number of ether oxygens (including phenoxy) is 1. The molecule has 0 heterocycles. The standard InChI is InChI=1S/C10H15FN2O.ClH/c1-14-9-4-2-3-7(11)10(9)8(13)5-6-12;/h2-4,8H,5-6,12-13H2,1H3;1H/t8-;/m1./s1. The highest BCUT2D eigenvalue weighted by atomic mass is 35.5. The van der Waals surface area contributed by atoms with Crippen LogP contribution in [0.5, 0.6) is 5.75 Å². The first-order valence-corrected chi connectivity index (χ1v) is 4.48. The molecule has 0 aliphatic heterocycles. The number of hydrogen-bond acceptors (Lipinski definition) is 3. The molecule has 0 bridgehead atoms. The summed E-state index contributed by atoms with van der Waals surface area (Å²) >= 11 is 0. The summed E-state index contributed by atoms with van der Waals surface area (Å²) in [6, 6.07) is 4.24. The minimum absolute atomic E-state index is 0. The Balaban J connectivity index is 0.00000196. The van der Waals surface area contributed by atoms with Crippen molar-refractivity contribution < 1.29 is 9.13 Å². The third kappa shape index (κ3) is 3.34. The lowest BCUT2D eigenvalue weighted by Crippen LogP contribution is -2.17. The largest absolute Gasteiger partial charge is 0.496 e. The van der Waals surface area contributed by atoms with Crippen LogP contribution < -0.4 is 16.2 Å². The van der Waals surface area contributed by atoms with Crippen LogP contribution in [0.1, 0.15) is 18.0 Å². The normalized spacial score (nSPS) is 11.7. The summed E-state index contributed by atoms with van der Waals surface area (Å²) in [5, 5.41) is 0. The van der Waals surface area contributed by atoms with E-state index in [1.807, 2.05) is 0 Å².